The number of amides is 1. The van der Waals surface area contributed by atoms with Gasteiger partial charge in [0.25, 0.3) is 0 Å². The molecule has 2 rings (SSSR count). The fraction of sp³-hybridized carbons (Fsp3) is 0.562. The van der Waals surface area contributed by atoms with Gasteiger partial charge >= 0.3 is 0 Å². The Hall–Kier alpha value is -0.770. The lowest BCUT2D eigenvalue weighted by atomic mass is 9.90. The minimum absolute atomic E-state index is 0.0515. The normalized spacial score (nSPS) is 22.0. The topological polar surface area (TPSA) is 41.1 Å². The van der Waals surface area contributed by atoms with Gasteiger partial charge in [-0.05, 0) is 49.4 Å². The standard InChI is InChI=1S/C16H22Cl2N2O/c1-2-11-5-7-19-15(9-11)16(21)20-8-6-12-3-4-13(17)10-14(12)18/h3-4,10-11,15,19H,2,5-9H2,1H3,(H,20,21). The summed E-state index contributed by atoms with van der Waals surface area (Å²) in [4.78, 5) is 12.2. The van der Waals surface area contributed by atoms with Crippen LogP contribution in [0.3, 0.4) is 0 Å². The number of piperidine rings is 1. The first-order valence-electron chi connectivity index (χ1n) is 7.55. The molecule has 21 heavy (non-hydrogen) atoms. The number of carbonyl (C=O) groups excluding carboxylic acids is 1. The van der Waals surface area contributed by atoms with Crippen LogP contribution in [0.5, 0.6) is 0 Å². The molecule has 3 nitrogen and oxygen atoms in total. The van der Waals surface area contributed by atoms with E-state index in [1.165, 1.54) is 6.42 Å². The molecule has 1 amide bonds. The Morgan fingerprint density at radius 1 is 1.43 bits per heavy atom. The van der Waals surface area contributed by atoms with E-state index in [-0.39, 0.29) is 11.9 Å². The van der Waals surface area contributed by atoms with E-state index in [9.17, 15) is 4.79 Å². The maximum Gasteiger partial charge on any atom is 0.237 e. The lowest BCUT2D eigenvalue weighted by Gasteiger charge is -2.28. The van der Waals surface area contributed by atoms with Gasteiger partial charge in [0.15, 0.2) is 0 Å². The lowest BCUT2D eigenvalue weighted by Crippen LogP contribution is -2.49. The van der Waals surface area contributed by atoms with Gasteiger partial charge in [-0.1, -0.05) is 42.6 Å². The molecule has 1 aliphatic heterocycles. The number of hydrogen-bond acceptors (Lipinski definition) is 2. The van der Waals surface area contributed by atoms with E-state index in [0.29, 0.717) is 28.9 Å². The molecule has 5 heteroatoms. The highest BCUT2D eigenvalue weighted by Gasteiger charge is 2.25. The molecule has 2 atom stereocenters. The van der Waals surface area contributed by atoms with Crippen LogP contribution in [0.4, 0.5) is 0 Å². The fourth-order valence-electron chi connectivity index (χ4n) is 2.73. The van der Waals surface area contributed by atoms with Crippen molar-refractivity contribution in [3.63, 3.8) is 0 Å². The maximum absolute atomic E-state index is 12.2. The van der Waals surface area contributed by atoms with Crippen molar-refractivity contribution in [2.24, 2.45) is 5.92 Å². The van der Waals surface area contributed by atoms with Gasteiger partial charge < -0.3 is 10.6 Å². The van der Waals surface area contributed by atoms with Crippen LogP contribution in [-0.4, -0.2) is 25.0 Å². The predicted octanol–water partition coefficient (Wildman–Crippen LogP) is 3.43. The molecule has 0 saturated carbocycles. The Labute approximate surface area is 136 Å². The van der Waals surface area contributed by atoms with Crippen LogP contribution in [-0.2, 0) is 11.2 Å². The van der Waals surface area contributed by atoms with Crippen LogP contribution in [0.25, 0.3) is 0 Å². The van der Waals surface area contributed by atoms with Crippen molar-refractivity contribution < 1.29 is 4.79 Å². The molecule has 0 bridgehead atoms. The first-order chi connectivity index (χ1) is 10.1. The third-order valence-corrected chi connectivity index (χ3v) is 4.70. The summed E-state index contributed by atoms with van der Waals surface area (Å²) in [6, 6.07) is 5.40. The van der Waals surface area contributed by atoms with Crippen molar-refractivity contribution in [2.75, 3.05) is 13.1 Å². The minimum atomic E-state index is -0.0515. The largest absolute Gasteiger partial charge is 0.354 e. The molecule has 1 heterocycles. The van der Waals surface area contributed by atoms with Gasteiger partial charge in [0.05, 0.1) is 6.04 Å². The highest BCUT2D eigenvalue weighted by atomic mass is 35.5. The molecular weight excluding hydrogens is 307 g/mol. The van der Waals surface area contributed by atoms with Gasteiger partial charge in [-0.2, -0.15) is 0 Å². The average Bonchev–Trinajstić information content (AvgIpc) is 2.49. The minimum Gasteiger partial charge on any atom is -0.354 e. The van der Waals surface area contributed by atoms with Gasteiger partial charge in [-0.25, -0.2) is 0 Å². The second-order valence-electron chi connectivity index (χ2n) is 5.58. The van der Waals surface area contributed by atoms with Crippen LogP contribution in [0, 0.1) is 5.92 Å². The smallest absolute Gasteiger partial charge is 0.237 e. The molecule has 116 valence electrons. The van der Waals surface area contributed by atoms with Crippen molar-refractivity contribution in [1.29, 1.82) is 0 Å². The molecule has 1 aromatic rings. The number of hydrogen-bond donors (Lipinski definition) is 2. The van der Waals surface area contributed by atoms with E-state index in [1.807, 2.05) is 12.1 Å². The maximum atomic E-state index is 12.2. The second-order valence-corrected chi connectivity index (χ2v) is 6.43. The molecule has 0 spiro atoms. The van der Waals surface area contributed by atoms with Crippen molar-refractivity contribution in [3.8, 4) is 0 Å². The summed E-state index contributed by atoms with van der Waals surface area (Å²) < 4.78 is 0. The third-order valence-electron chi connectivity index (χ3n) is 4.11. The fourth-order valence-corrected chi connectivity index (χ4v) is 3.24. The third kappa shape index (κ3) is 4.87. The molecule has 0 aliphatic carbocycles. The first kappa shape index (κ1) is 16.6. The molecule has 2 N–H and O–H groups in total. The summed E-state index contributed by atoms with van der Waals surface area (Å²) in [6.07, 6.45) is 3.96. The molecule has 0 radical (unpaired) electrons. The number of carbonyl (C=O) groups is 1. The zero-order chi connectivity index (χ0) is 15.2. The monoisotopic (exact) mass is 328 g/mol. The Bertz CT molecular complexity index is 493. The van der Waals surface area contributed by atoms with E-state index in [1.54, 1.807) is 6.07 Å². The van der Waals surface area contributed by atoms with Crippen LogP contribution in [0.1, 0.15) is 31.7 Å². The Morgan fingerprint density at radius 2 is 2.24 bits per heavy atom. The zero-order valence-electron chi connectivity index (χ0n) is 12.3. The van der Waals surface area contributed by atoms with Gasteiger partial charge in [-0.3, -0.25) is 4.79 Å². The molecular formula is C16H22Cl2N2O. The van der Waals surface area contributed by atoms with E-state index >= 15 is 0 Å². The number of benzene rings is 1. The molecule has 1 saturated heterocycles. The molecule has 2 unspecified atom stereocenters. The van der Waals surface area contributed by atoms with Gasteiger partial charge in [-0.15, -0.1) is 0 Å². The molecule has 0 aromatic heterocycles. The van der Waals surface area contributed by atoms with Crippen LogP contribution >= 0.6 is 23.2 Å². The molecule has 1 aromatic carbocycles. The lowest BCUT2D eigenvalue weighted by molar-refractivity contribution is -0.124. The van der Waals surface area contributed by atoms with E-state index < -0.39 is 0 Å². The van der Waals surface area contributed by atoms with E-state index in [2.05, 4.69) is 17.6 Å². The Balaban J connectivity index is 1.78. The van der Waals surface area contributed by atoms with Crippen molar-refractivity contribution >= 4 is 29.1 Å². The molecule has 1 fully saturated rings. The summed E-state index contributed by atoms with van der Waals surface area (Å²) in [5.41, 5.74) is 1.00. The highest BCUT2D eigenvalue weighted by molar-refractivity contribution is 6.35. The number of halogens is 2. The summed E-state index contributed by atoms with van der Waals surface area (Å²) >= 11 is 12.0. The van der Waals surface area contributed by atoms with Gasteiger partial charge in [0, 0.05) is 16.6 Å². The predicted molar refractivity (Wildman–Crippen MR) is 88.0 cm³/mol. The zero-order valence-corrected chi connectivity index (χ0v) is 13.8. The summed E-state index contributed by atoms with van der Waals surface area (Å²) in [5.74, 6) is 0.756. The molecule has 1 aliphatic rings. The Kier molecular flexibility index (Phi) is 6.34. The number of nitrogens with one attached hydrogen (secondary N) is 2. The van der Waals surface area contributed by atoms with Crippen molar-refractivity contribution in [1.82, 2.24) is 10.6 Å². The van der Waals surface area contributed by atoms with Gasteiger partial charge in [0.2, 0.25) is 5.91 Å². The summed E-state index contributed by atoms with van der Waals surface area (Å²) in [6.45, 7) is 3.71. The first-order valence-corrected chi connectivity index (χ1v) is 8.30. The highest BCUT2D eigenvalue weighted by Crippen LogP contribution is 2.21. The van der Waals surface area contributed by atoms with E-state index in [4.69, 9.17) is 23.2 Å². The Morgan fingerprint density at radius 3 is 2.95 bits per heavy atom. The quantitative estimate of drug-likeness (QED) is 0.869. The average molecular weight is 329 g/mol. The second kappa shape index (κ2) is 8.02. The van der Waals surface area contributed by atoms with Crippen LogP contribution in [0.2, 0.25) is 10.0 Å². The van der Waals surface area contributed by atoms with Crippen molar-refractivity contribution in [3.05, 3.63) is 33.8 Å². The summed E-state index contributed by atoms with van der Waals surface area (Å²) in [7, 11) is 0. The van der Waals surface area contributed by atoms with E-state index in [0.717, 1.165) is 24.9 Å². The SMILES string of the molecule is CCC1CCNC(C(=O)NCCc2ccc(Cl)cc2Cl)C1. The van der Waals surface area contributed by atoms with Crippen molar-refractivity contribution in [2.45, 2.75) is 38.6 Å². The van der Waals surface area contributed by atoms with Crippen LogP contribution in [0.15, 0.2) is 18.2 Å². The van der Waals surface area contributed by atoms with Crippen LogP contribution < -0.4 is 10.6 Å². The summed E-state index contributed by atoms with van der Waals surface area (Å²) in [5, 5.41) is 7.57. The van der Waals surface area contributed by atoms with Gasteiger partial charge in [0.1, 0.15) is 0 Å². The number of rotatable bonds is 5.